The lowest BCUT2D eigenvalue weighted by Gasteiger charge is -2.15. The largest absolute Gasteiger partial charge is 0.207 e. The summed E-state index contributed by atoms with van der Waals surface area (Å²) in [5.41, 5.74) is 0. The Morgan fingerprint density at radius 1 is 0.385 bits per heavy atom. The topological polar surface area (TPSA) is 0 Å². The van der Waals surface area contributed by atoms with Gasteiger partial charge < -0.3 is 0 Å². The van der Waals surface area contributed by atoms with Gasteiger partial charge >= 0.3 is 0 Å². The summed E-state index contributed by atoms with van der Waals surface area (Å²) in [5.74, 6) is -0.472. The van der Waals surface area contributed by atoms with Crippen molar-refractivity contribution in [3.05, 3.63) is 84.4 Å². The molecule has 0 saturated heterocycles. The zero-order chi connectivity index (χ0) is 17.4. The van der Waals surface area contributed by atoms with Gasteiger partial charge in [-0.15, -0.1) is 0 Å². The van der Waals surface area contributed by atoms with Crippen LogP contribution >= 0.6 is 0 Å². The van der Waals surface area contributed by atoms with Crippen LogP contribution < -0.4 is 0 Å². The van der Waals surface area contributed by atoms with Gasteiger partial charge in [-0.2, -0.15) is 0 Å². The molecule has 0 radical (unpaired) electrons. The first-order chi connectivity index (χ1) is 12.7. The Labute approximate surface area is 147 Å². The fraction of sp³-hybridized carbons (Fsp3) is 0. The minimum atomic E-state index is -0.236. The molecule has 0 amide bonds. The van der Waals surface area contributed by atoms with Crippen molar-refractivity contribution >= 4 is 53.9 Å². The molecule has 0 aromatic heterocycles. The first-order valence-electron chi connectivity index (χ1n) is 8.58. The fourth-order valence-electron chi connectivity index (χ4n) is 4.35. The minimum absolute atomic E-state index is 0.236. The third-order valence-corrected chi connectivity index (χ3v) is 5.46. The average molecular weight is 338 g/mol. The number of hydrogen-bond donors (Lipinski definition) is 0. The van der Waals surface area contributed by atoms with Crippen molar-refractivity contribution < 1.29 is 8.78 Å². The highest BCUT2D eigenvalue weighted by atomic mass is 19.1. The van der Waals surface area contributed by atoms with Crippen molar-refractivity contribution in [1.29, 1.82) is 0 Å². The highest BCUT2D eigenvalue weighted by Crippen LogP contribution is 2.41. The Bertz CT molecular complexity index is 1380. The molecular weight excluding hydrogens is 326 g/mol. The van der Waals surface area contributed by atoms with Gasteiger partial charge in [-0.05, 0) is 90.3 Å². The second-order valence-electron chi connectivity index (χ2n) is 6.91. The van der Waals surface area contributed by atoms with E-state index in [2.05, 4.69) is 36.4 Å². The first-order valence-corrected chi connectivity index (χ1v) is 8.58. The van der Waals surface area contributed by atoms with E-state index < -0.39 is 0 Å². The normalized spacial score (nSPS) is 12.2. The maximum atomic E-state index is 13.9. The monoisotopic (exact) mass is 338 g/mol. The summed E-state index contributed by atoms with van der Waals surface area (Å²) in [5, 5.41) is 10.4. The van der Waals surface area contributed by atoms with Crippen LogP contribution in [0, 0.1) is 11.6 Å². The van der Waals surface area contributed by atoms with Crippen LogP contribution in [0.15, 0.2) is 72.8 Å². The van der Waals surface area contributed by atoms with Gasteiger partial charge in [-0.1, -0.05) is 36.4 Å². The van der Waals surface area contributed by atoms with Crippen LogP contribution in [0.2, 0.25) is 0 Å². The molecule has 0 N–H and O–H groups in total. The maximum absolute atomic E-state index is 13.9. The Kier molecular flexibility index (Phi) is 2.51. The summed E-state index contributed by atoms with van der Waals surface area (Å²) < 4.78 is 27.7. The van der Waals surface area contributed by atoms with Crippen molar-refractivity contribution in [3.63, 3.8) is 0 Å². The van der Waals surface area contributed by atoms with Crippen molar-refractivity contribution in [1.82, 2.24) is 0 Å². The average Bonchev–Trinajstić information content (AvgIpc) is 2.65. The number of rotatable bonds is 0. The highest BCUT2D eigenvalue weighted by molar-refractivity contribution is 6.32. The van der Waals surface area contributed by atoms with Crippen LogP contribution in [0.25, 0.3) is 53.9 Å². The number of benzene rings is 6. The molecule has 122 valence electrons. The van der Waals surface area contributed by atoms with Crippen LogP contribution in [0.1, 0.15) is 0 Å². The Morgan fingerprint density at radius 2 is 0.808 bits per heavy atom. The van der Waals surface area contributed by atoms with Crippen molar-refractivity contribution in [2.45, 2.75) is 0 Å². The van der Waals surface area contributed by atoms with Crippen LogP contribution in [-0.2, 0) is 0 Å². The number of halogens is 2. The Balaban J connectivity index is 1.95. The molecule has 0 bridgehead atoms. The molecule has 0 spiro atoms. The molecule has 0 aliphatic rings. The SMILES string of the molecule is Fc1ccc2cc3ccc4c5cc(F)ccc5cc5ccc(c2c1)c3c54. The molecule has 6 rings (SSSR count). The van der Waals surface area contributed by atoms with E-state index in [9.17, 15) is 8.78 Å². The molecule has 0 unspecified atom stereocenters. The molecule has 2 heteroatoms. The first kappa shape index (κ1) is 14.0. The van der Waals surface area contributed by atoms with Crippen LogP contribution in [0.3, 0.4) is 0 Å². The highest BCUT2D eigenvalue weighted by Gasteiger charge is 2.14. The molecule has 0 nitrogen and oxygen atoms in total. The summed E-state index contributed by atoms with van der Waals surface area (Å²) in [7, 11) is 0. The number of fused-ring (bicyclic) bond motifs is 4. The van der Waals surface area contributed by atoms with Gasteiger partial charge in [0.1, 0.15) is 11.6 Å². The van der Waals surface area contributed by atoms with Crippen molar-refractivity contribution in [2.75, 3.05) is 0 Å². The van der Waals surface area contributed by atoms with Gasteiger partial charge in [-0.25, -0.2) is 8.78 Å². The molecule has 6 aromatic rings. The van der Waals surface area contributed by atoms with E-state index in [-0.39, 0.29) is 11.6 Å². The molecule has 0 aliphatic heterocycles. The van der Waals surface area contributed by atoms with Gasteiger partial charge in [0.15, 0.2) is 0 Å². The maximum Gasteiger partial charge on any atom is 0.123 e. The lowest BCUT2D eigenvalue weighted by atomic mass is 9.89. The molecule has 0 fully saturated rings. The van der Waals surface area contributed by atoms with Crippen LogP contribution in [0.4, 0.5) is 8.78 Å². The Morgan fingerprint density at radius 3 is 1.27 bits per heavy atom. The lowest BCUT2D eigenvalue weighted by Crippen LogP contribution is -1.88. The fourth-order valence-corrected chi connectivity index (χ4v) is 4.35. The predicted molar refractivity (Wildman–Crippen MR) is 105 cm³/mol. The van der Waals surface area contributed by atoms with E-state index in [0.717, 1.165) is 53.9 Å². The summed E-state index contributed by atoms with van der Waals surface area (Å²) in [4.78, 5) is 0. The molecule has 0 saturated carbocycles. The minimum Gasteiger partial charge on any atom is -0.207 e. The summed E-state index contributed by atoms with van der Waals surface area (Å²) >= 11 is 0. The van der Waals surface area contributed by atoms with Gasteiger partial charge in [0, 0.05) is 0 Å². The molecule has 0 atom stereocenters. The predicted octanol–water partition coefficient (Wildman–Crippen LogP) is 7.17. The lowest BCUT2D eigenvalue weighted by molar-refractivity contribution is 0.629. The van der Waals surface area contributed by atoms with Gasteiger partial charge in [0.25, 0.3) is 0 Å². The summed E-state index contributed by atoms with van der Waals surface area (Å²) in [6.45, 7) is 0. The Hall–Kier alpha value is -3.26. The van der Waals surface area contributed by atoms with Crippen LogP contribution in [0.5, 0.6) is 0 Å². The molecule has 0 aliphatic carbocycles. The molecule has 0 heterocycles. The second-order valence-corrected chi connectivity index (χ2v) is 6.91. The summed E-state index contributed by atoms with van der Waals surface area (Å²) in [6.07, 6.45) is 0. The van der Waals surface area contributed by atoms with Crippen molar-refractivity contribution in [2.24, 2.45) is 0 Å². The smallest absolute Gasteiger partial charge is 0.123 e. The third kappa shape index (κ3) is 1.71. The standard InChI is InChI=1S/C24H12F2/c25-17-5-1-13-9-15-3-8-20-22-12-18(26)6-2-14(22)10-16-4-7-19(21(13)11-17)23(15)24(16)20/h1-12H. The van der Waals surface area contributed by atoms with Gasteiger partial charge in [0.2, 0.25) is 0 Å². The zero-order valence-corrected chi connectivity index (χ0v) is 13.7. The quantitative estimate of drug-likeness (QED) is 0.203. The van der Waals surface area contributed by atoms with E-state index in [4.69, 9.17) is 0 Å². The van der Waals surface area contributed by atoms with Crippen LogP contribution in [-0.4, -0.2) is 0 Å². The molecule has 26 heavy (non-hydrogen) atoms. The molecular formula is C24H12F2. The second kappa shape index (κ2) is 4.67. The van der Waals surface area contributed by atoms with Gasteiger partial charge in [-0.3, -0.25) is 0 Å². The van der Waals surface area contributed by atoms with Crippen molar-refractivity contribution in [3.8, 4) is 0 Å². The van der Waals surface area contributed by atoms with E-state index in [1.165, 1.54) is 12.1 Å². The van der Waals surface area contributed by atoms with E-state index in [0.29, 0.717) is 0 Å². The third-order valence-electron chi connectivity index (χ3n) is 5.46. The number of hydrogen-bond acceptors (Lipinski definition) is 0. The van der Waals surface area contributed by atoms with E-state index in [1.54, 1.807) is 12.1 Å². The van der Waals surface area contributed by atoms with E-state index in [1.807, 2.05) is 12.1 Å². The summed E-state index contributed by atoms with van der Waals surface area (Å²) in [6, 6.07) is 22.3. The molecule has 6 aromatic carbocycles. The van der Waals surface area contributed by atoms with Gasteiger partial charge in [0.05, 0.1) is 0 Å². The van der Waals surface area contributed by atoms with E-state index >= 15 is 0 Å². The zero-order valence-electron chi connectivity index (χ0n) is 13.7.